The van der Waals surface area contributed by atoms with Crippen molar-refractivity contribution in [3.8, 4) is 5.75 Å². The molecule has 1 aliphatic rings. The molecular formula is C30H22BrClN2O4. The Kier molecular flexibility index (Phi) is 7.31. The predicted molar refractivity (Wildman–Crippen MR) is 152 cm³/mol. The molecule has 38 heavy (non-hydrogen) atoms. The zero-order valence-electron chi connectivity index (χ0n) is 20.3. The van der Waals surface area contributed by atoms with Crippen LogP contribution in [0, 0.1) is 0 Å². The van der Waals surface area contributed by atoms with Crippen LogP contribution in [-0.2, 0) is 22.6 Å². The van der Waals surface area contributed by atoms with Crippen molar-refractivity contribution in [1.82, 2.24) is 5.32 Å². The second-order valence-electron chi connectivity index (χ2n) is 8.76. The molecule has 4 aromatic rings. The molecule has 0 spiro atoms. The van der Waals surface area contributed by atoms with Gasteiger partial charge in [-0.15, -0.1) is 0 Å². The Morgan fingerprint density at radius 3 is 2.34 bits per heavy atom. The van der Waals surface area contributed by atoms with Crippen LogP contribution in [0.25, 0.3) is 16.8 Å². The van der Waals surface area contributed by atoms with Crippen molar-refractivity contribution >= 4 is 67.9 Å². The van der Waals surface area contributed by atoms with Gasteiger partial charge in [0.25, 0.3) is 11.8 Å². The molecular weight excluding hydrogens is 568 g/mol. The van der Waals surface area contributed by atoms with Crippen molar-refractivity contribution in [2.45, 2.75) is 20.0 Å². The molecule has 1 fully saturated rings. The van der Waals surface area contributed by atoms with Gasteiger partial charge in [-0.25, -0.2) is 9.69 Å². The van der Waals surface area contributed by atoms with Crippen molar-refractivity contribution in [3.05, 3.63) is 111 Å². The van der Waals surface area contributed by atoms with Gasteiger partial charge >= 0.3 is 6.03 Å². The fourth-order valence-corrected chi connectivity index (χ4v) is 5.21. The zero-order valence-corrected chi connectivity index (χ0v) is 22.7. The molecule has 0 atom stereocenters. The molecule has 1 aliphatic heterocycles. The number of nitrogens with one attached hydrogen (secondary N) is 1. The minimum Gasteiger partial charge on any atom is -0.486 e. The lowest BCUT2D eigenvalue weighted by Crippen LogP contribution is -2.54. The molecule has 1 N–H and O–H groups in total. The number of ether oxygens (including phenoxy) is 1. The van der Waals surface area contributed by atoms with Crippen LogP contribution in [0.3, 0.4) is 0 Å². The fourth-order valence-electron chi connectivity index (χ4n) is 4.22. The zero-order chi connectivity index (χ0) is 26.8. The lowest BCUT2D eigenvalue weighted by molar-refractivity contribution is -0.122. The van der Waals surface area contributed by atoms with Crippen LogP contribution in [0.5, 0.6) is 5.75 Å². The summed E-state index contributed by atoms with van der Waals surface area (Å²) in [6.45, 7) is 2.31. The first-order valence-corrected chi connectivity index (χ1v) is 13.1. The summed E-state index contributed by atoms with van der Waals surface area (Å²) in [6, 6.07) is 23.7. The molecule has 1 saturated heterocycles. The quantitative estimate of drug-likeness (QED) is 0.193. The number of benzene rings is 4. The summed E-state index contributed by atoms with van der Waals surface area (Å²) in [5, 5.41) is 4.80. The molecule has 0 radical (unpaired) electrons. The van der Waals surface area contributed by atoms with E-state index >= 15 is 0 Å². The summed E-state index contributed by atoms with van der Waals surface area (Å²) >= 11 is 10.0. The highest BCUT2D eigenvalue weighted by Crippen LogP contribution is 2.36. The third-order valence-electron chi connectivity index (χ3n) is 6.23. The molecule has 4 aromatic carbocycles. The number of nitrogens with zero attached hydrogens (tertiary/aromatic N) is 1. The van der Waals surface area contributed by atoms with Crippen LogP contribution in [-0.4, -0.2) is 17.8 Å². The number of hydrogen-bond donors (Lipinski definition) is 1. The van der Waals surface area contributed by atoms with Crippen molar-refractivity contribution in [2.75, 3.05) is 4.90 Å². The first-order chi connectivity index (χ1) is 18.3. The molecule has 5 rings (SSSR count). The van der Waals surface area contributed by atoms with Gasteiger partial charge in [0.15, 0.2) is 5.75 Å². The highest BCUT2D eigenvalue weighted by atomic mass is 79.9. The summed E-state index contributed by atoms with van der Waals surface area (Å²) in [7, 11) is 0. The third kappa shape index (κ3) is 5.21. The van der Waals surface area contributed by atoms with Gasteiger partial charge < -0.3 is 4.74 Å². The minimum atomic E-state index is -0.793. The molecule has 190 valence electrons. The lowest BCUT2D eigenvalue weighted by Gasteiger charge is -2.26. The first-order valence-electron chi connectivity index (χ1n) is 11.9. The predicted octanol–water partition coefficient (Wildman–Crippen LogP) is 7.06. The molecule has 0 bridgehead atoms. The number of hydrogen-bond acceptors (Lipinski definition) is 4. The van der Waals surface area contributed by atoms with Crippen LogP contribution in [0.2, 0.25) is 5.02 Å². The van der Waals surface area contributed by atoms with Crippen molar-refractivity contribution in [1.29, 1.82) is 0 Å². The maximum absolute atomic E-state index is 13.2. The molecule has 1 heterocycles. The van der Waals surface area contributed by atoms with Gasteiger partial charge in [-0.05, 0) is 86.2 Å². The van der Waals surface area contributed by atoms with E-state index in [4.69, 9.17) is 16.3 Å². The van der Waals surface area contributed by atoms with Crippen LogP contribution in [0.1, 0.15) is 23.6 Å². The van der Waals surface area contributed by atoms with Crippen LogP contribution >= 0.6 is 27.5 Å². The summed E-state index contributed by atoms with van der Waals surface area (Å²) in [5.74, 6) is -1.05. The van der Waals surface area contributed by atoms with E-state index in [1.807, 2.05) is 49.4 Å². The van der Waals surface area contributed by atoms with E-state index in [1.54, 1.807) is 24.3 Å². The van der Waals surface area contributed by atoms with Gasteiger partial charge in [-0.3, -0.25) is 14.9 Å². The van der Waals surface area contributed by atoms with Crippen molar-refractivity contribution < 1.29 is 19.1 Å². The van der Waals surface area contributed by atoms with Gasteiger partial charge in [0.05, 0.1) is 15.2 Å². The Labute approximate surface area is 233 Å². The van der Waals surface area contributed by atoms with Crippen LogP contribution < -0.4 is 15.0 Å². The molecule has 0 unspecified atom stereocenters. The minimum absolute atomic E-state index is 0.183. The number of barbiturate groups is 1. The van der Waals surface area contributed by atoms with Gasteiger partial charge in [-0.2, -0.15) is 0 Å². The van der Waals surface area contributed by atoms with E-state index in [-0.39, 0.29) is 5.57 Å². The molecule has 0 aromatic heterocycles. The molecule has 6 nitrogen and oxygen atoms in total. The average Bonchev–Trinajstić information content (AvgIpc) is 2.91. The summed E-state index contributed by atoms with van der Waals surface area (Å²) in [4.78, 5) is 39.2. The van der Waals surface area contributed by atoms with Crippen LogP contribution in [0.15, 0.2) is 88.9 Å². The number of carbonyl (C=O) groups is 3. The highest BCUT2D eigenvalue weighted by molar-refractivity contribution is 9.10. The largest absolute Gasteiger partial charge is 0.486 e. The summed E-state index contributed by atoms with van der Waals surface area (Å²) in [5.41, 5.74) is 2.73. The van der Waals surface area contributed by atoms with Gasteiger partial charge in [0.1, 0.15) is 12.2 Å². The number of aryl methyl sites for hydroxylation is 1. The highest BCUT2D eigenvalue weighted by Gasteiger charge is 2.36. The summed E-state index contributed by atoms with van der Waals surface area (Å²) < 4.78 is 6.56. The number of rotatable bonds is 6. The Morgan fingerprint density at radius 2 is 1.63 bits per heavy atom. The second kappa shape index (κ2) is 10.8. The number of fused-ring (bicyclic) bond motifs is 1. The van der Waals surface area contributed by atoms with E-state index in [2.05, 4.69) is 33.4 Å². The number of imide groups is 2. The van der Waals surface area contributed by atoms with E-state index in [0.29, 0.717) is 33.1 Å². The second-order valence-corrected chi connectivity index (χ2v) is 10.0. The third-order valence-corrected chi connectivity index (χ3v) is 7.10. The van der Waals surface area contributed by atoms with E-state index in [9.17, 15) is 14.4 Å². The monoisotopic (exact) mass is 588 g/mol. The molecule has 0 aliphatic carbocycles. The van der Waals surface area contributed by atoms with E-state index in [1.165, 1.54) is 6.08 Å². The molecule has 0 saturated carbocycles. The van der Waals surface area contributed by atoms with Crippen molar-refractivity contribution in [3.63, 3.8) is 0 Å². The van der Waals surface area contributed by atoms with Crippen LogP contribution in [0.4, 0.5) is 10.5 Å². The maximum Gasteiger partial charge on any atom is 0.335 e. The topological polar surface area (TPSA) is 75.7 Å². The Morgan fingerprint density at radius 1 is 0.921 bits per heavy atom. The first kappa shape index (κ1) is 25.7. The number of anilines is 1. The number of urea groups is 1. The Balaban J connectivity index is 1.38. The van der Waals surface area contributed by atoms with E-state index < -0.39 is 17.8 Å². The number of halogens is 2. The maximum atomic E-state index is 13.2. The standard InChI is InChI=1S/C30H22BrClN2O4/c1-2-18-8-11-23(12-9-18)34-29(36)24(28(35)33-30(34)37)14-20-15-25(31)27(26(32)16-20)38-17-19-7-10-21-5-3-4-6-22(21)13-19/h3-16H,2,17H2,1H3,(H,33,35,37)/b24-14-. The molecule has 4 amide bonds. The number of carbonyl (C=O) groups excluding carboxylic acids is 3. The average molecular weight is 590 g/mol. The van der Waals surface area contributed by atoms with Gasteiger partial charge in [-0.1, -0.05) is 67.1 Å². The normalized spacial score (nSPS) is 14.8. The SMILES string of the molecule is CCc1ccc(N2C(=O)NC(=O)/C(=C/c3cc(Cl)c(OCc4ccc5ccccc5c4)c(Br)c3)C2=O)cc1. The molecule has 8 heteroatoms. The van der Waals surface area contributed by atoms with Gasteiger partial charge in [0, 0.05) is 0 Å². The van der Waals surface area contributed by atoms with Crippen molar-refractivity contribution in [2.24, 2.45) is 0 Å². The van der Waals surface area contributed by atoms with Gasteiger partial charge in [0.2, 0.25) is 0 Å². The summed E-state index contributed by atoms with van der Waals surface area (Å²) in [6.07, 6.45) is 2.23. The Bertz CT molecular complexity index is 1590. The smallest absolute Gasteiger partial charge is 0.335 e. The Hall–Kier alpha value is -3.94. The fraction of sp³-hybridized carbons (Fsp3) is 0.100. The van der Waals surface area contributed by atoms with E-state index in [0.717, 1.165) is 33.2 Å². The number of amides is 4. The lowest BCUT2D eigenvalue weighted by atomic mass is 10.1.